The number of hydrogen-bond donors (Lipinski definition) is 1. The van der Waals surface area contributed by atoms with E-state index >= 15 is 0 Å². The Hall–Kier alpha value is -1.35. The van der Waals surface area contributed by atoms with E-state index in [4.69, 9.17) is 0 Å². The smallest absolute Gasteiger partial charge is 0.129 e. The van der Waals surface area contributed by atoms with Crippen molar-refractivity contribution in [3.63, 3.8) is 0 Å². The molecule has 0 amide bonds. The first kappa shape index (κ1) is 13.7. The van der Waals surface area contributed by atoms with Crippen molar-refractivity contribution in [3.05, 3.63) is 36.5 Å². The molecule has 0 radical (unpaired) electrons. The van der Waals surface area contributed by atoms with Crippen LogP contribution in [0.25, 0.3) is 0 Å². The van der Waals surface area contributed by atoms with Gasteiger partial charge in [0.1, 0.15) is 5.82 Å². The van der Waals surface area contributed by atoms with Crippen LogP contribution in [0.15, 0.2) is 31.0 Å². The molecule has 0 spiro atoms. The van der Waals surface area contributed by atoms with E-state index in [9.17, 15) is 0 Å². The first-order valence-electron chi connectivity index (χ1n) is 6.21. The number of anilines is 1. The molecule has 1 heterocycles. The average Bonchev–Trinajstić information content (AvgIpc) is 2.34. The van der Waals surface area contributed by atoms with Crippen LogP contribution in [0.2, 0.25) is 0 Å². The van der Waals surface area contributed by atoms with Gasteiger partial charge >= 0.3 is 0 Å². The second-order valence-electron chi connectivity index (χ2n) is 4.39. The van der Waals surface area contributed by atoms with Crippen molar-refractivity contribution in [3.8, 4) is 0 Å². The van der Waals surface area contributed by atoms with Crippen LogP contribution in [0.4, 0.5) is 5.82 Å². The van der Waals surface area contributed by atoms with Crippen molar-refractivity contribution in [2.45, 2.75) is 33.4 Å². The van der Waals surface area contributed by atoms with Crippen molar-refractivity contribution in [1.82, 2.24) is 10.3 Å². The van der Waals surface area contributed by atoms with E-state index in [2.05, 4.69) is 54.7 Å². The Morgan fingerprint density at radius 2 is 2.29 bits per heavy atom. The summed E-state index contributed by atoms with van der Waals surface area (Å²) in [5, 5.41) is 3.41. The van der Waals surface area contributed by atoms with Gasteiger partial charge in [-0.25, -0.2) is 4.98 Å². The normalized spacial score (nSPS) is 10.6. The van der Waals surface area contributed by atoms with Crippen molar-refractivity contribution < 1.29 is 0 Å². The summed E-state index contributed by atoms with van der Waals surface area (Å²) < 4.78 is 0. The highest BCUT2D eigenvalue weighted by Crippen LogP contribution is 2.12. The number of pyridine rings is 1. The summed E-state index contributed by atoms with van der Waals surface area (Å²) in [6.07, 6.45) is 3.78. The number of nitrogens with one attached hydrogen (secondary N) is 1. The molecule has 0 aliphatic rings. The van der Waals surface area contributed by atoms with Gasteiger partial charge in [0.05, 0.1) is 0 Å². The SMILES string of the molecule is C=CCN(CC)c1cc(CNC(C)C)ccn1. The minimum atomic E-state index is 0.502. The lowest BCUT2D eigenvalue weighted by molar-refractivity contribution is 0.588. The lowest BCUT2D eigenvalue weighted by Crippen LogP contribution is -2.25. The minimum Gasteiger partial charge on any atom is -0.353 e. The Bertz CT molecular complexity index is 347. The molecule has 3 heteroatoms. The maximum absolute atomic E-state index is 4.41. The second kappa shape index (κ2) is 7.07. The summed E-state index contributed by atoms with van der Waals surface area (Å²) in [6.45, 7) is 12.9. The van der Waals surface area contributed by atoms with Gasteiger partial charge in [-0.1, -0.05) is 19.9 Å². The molecule has 1 aromatic rings. The number of aromatic nitrogens is 1. The molecule has 0 saturated heterocycles. The summed E-state index contributed by atoms with van der Waals surface area (Å²) in [5.41, 5.74) is 1.27. The molecular weight excluding hydrogens is 210 g/mol. The molecule has 0 aliphatic carbocycles. The lowest BCUT2D eigenvalue weighted by atomic mass is 10.2. The molecule has 0 aromatic carbocycles. The van der Waals surface area contributed by atoms with Gasteiger partial charge < -0.3 is 10.2 Å². The monoisotopic (exact) mass is 233 g/mol. The summed E-state index contributed by atoms with van der Waals surface area (Å²) in [7, 11) is 0. The van der Waals surface area contributed by atoms with E-state index in [-0.39, 0.29) is 0 Å². The third kappa shape index (κ3) is 4.57. The third-order valence-electron chi connectivity index (χ3n) is 2.58. The molecule has 0 fully saturated rings. The summed E-state index contributed by atoms with van der Waals surface area (Å²) in [5.74, 6) is 1.02. The van der Waals surface area contributed by atoms with E-state index in [1.807, 2.05) is 12.3 Å². The number of nitrogens with zero attached hydrogens (tertiary/aromatic N) is 2. The van der Waals surface area contributed by atoms with Gasteiger partial charge in [-0.3, -0.25) is 0 Å². The largest absolute Gasteiger partial charge is 0.353 e. The van der Waals surface area contributed by atoms with Gasteiger partial charge in [-0.15, -0.1) is 6.58 Å². The first-order chi connectivity index (χ1) is 8.17. The van der Waals surface area contributed by atoms with E-state index < -0.39 is 0 Å². The summed E-state index contributed by atoms with van der Waals surface area (Å²) >= 11 is 0. The minimum absolute atomic E-state index is 0.502. The molecule has 94 valence electrons. The number of hydrogen-bond acceptors (Lipinski definition) is 3. The van der Waals surface area contributed by atoms with E-state index in [0.717, 1.165) is 25.5 Å². The van der Waals surface area contributed by atoms with Crippen molar-refractivity contribution in [1.29, 1.82) is 0 Å². The van der Waals surface area contributed by atoms with Crippen LogP contribution in [-0.4, -0.2) is 24.1 Å². The average molecular weight is 233 g/mol. The molecule has 0 saturated carbocycles. The zero-order valence-corrected chi connectivity index (χ0v) is 11.1. The Balaban J connectivity index is 2.73. The molecule has 0 unspecified atom stereocenters. The Morgan fingerprint density at radius 3 is 2.88 bits per heavy atom. The van der Waals surface area contributed by atoms with E-state index in [1.54, 1.807) is 0 Å². The quantitative estimate of drug-likeness (QED) is 0.734. The van der Waals surface area contributed by atoms with Crippen LogP contribution in [0.3, 0.4) is 0 Å². The molecular formula is C14H23N3. The predicted octanol–water partition coefficient (Wildman–Crippen LogP) is 2.59. The van der Waals surface area contributed by atoms with Gasteiger partial charge in [0, 0.05) is 31.9 Å². The highest BCUT2D eigenvalue weighted by atomic mass is 15.2. The molecule has 1 aromatic heterocycles. The van der Waals surface area contributed by atoms with Crippen LogP contribution >= 0.6 is 0 Å². The fourth-order valence-corrected chi connectivity index (χ4v) is 1.61. The van der Waals surface area contributed by atoms with Crippen LogP contribution in [0, 0.1) is 0 Å². The van der Waals surface area contributed by atoms with Crippen molar-refractivity contribution in [2.24, 2.45) is 0 Å². The Kier molecular flexibility index (Phi) is 5.70. The highest BCUT2D eigenvalue weighted by Gasteiger charge is 2.04. The van der Waals surface area contributed by atoms with Crippen LogP contribution < -0.4 is 10.2 Å². The molecule has 1 rings (SSSR count). The molecule has 0 atom stereocenters. The summed E-state index contributed by atoms with van der Waals surface area (Å²) in [6, 6.07) is 4.70. The number of likely N-dealkylation sites (N-methyl/N-ethyl adjacent to an activating group) is 1. The van der Waals surface area contributed by atoms with Crippen molar-refractivity contribution >= 4 is 5.82 Å². The van der Waals surface area contributed by atoms with E-state index in [0.29, 0.717) is 6.04 Å². The fourth-order valence-electron chi connectivity index (χ4n) is 1.61. The standard InChI is InChI=1S/C14H23N3/c1-5-9-17(6-2)14-10-13(7-8-15-14)11-16-12(3)4/h5,7-8,10,12,16H,1,6,9,11H2,2-4H3. The van der Waals surface area contributed by atoms with Gasteiger partial charge in [-0.2, -0.15) is 0 Å². The van der Waals surface area contributed by atoms with E-state index in [1.165, 1.54) is 5.56 Å². The van der Waals surface area contributed by atoms with Crippen LogP contribution in [0.1, 0.15) is 26.3 Å². The molecule has 17 heavy (non-hydrogen) atoms. The molecule has 3 nitrogen and oxygen atoms in total. The second-order valence-corrected chi connectivity index (χ2v) is 4.39. The first-order valence-corrected chi connectivity index (χ1v) is 6.21. The zero-order valence-electron chi connectivity index (χ0n) is 11.1. The maximum atomic E-state index is 4.41. The molecule has 0 bridgehead atoms. The molecule has 0 aliphatic heterocycles. The maximum Gasteiger partial charge on any atom is 0.129 e. The summed E-state index contributed by atoms with van der Waals surface area (Å²) in [4.78, 5) is 6.61. The predicted molar refractivity (Wildman–Crippen MR) is 74.3 cm³/mol. The van der Waals surface area contributed by atoms with Gasteiger partial charge in [0.2, 0.25) is 0 Å². The fraction of sp³-hybridized carbons (Fsp3) is 0.500. The van der Waals surface area contributed by atoms with Gasteiger partial charge in [-0.05, 0) is 24.6 Å². The Morgan fingerprint density at radius 1 is 1.53 bits per heavy atom. The third-order valence-corrected chi connectivity index (χ3v) is 2.58. The Labute approximate surface area is 105 Å². The van der Waals surface area contributed by atoms with Gasteiger partial charge in [0.15, 0.2) is 0 Å². The van der Waals surface area contributed by atoms with Gasteiger partial charge in [0.25, 0.3) is 0 Å². The number of rotatable bonds is 7. The zero-order chi connectivity index (χ0) is 12.7. The topological polar surface area (TPSA) is 28.2 Å². The van der Waals surface area contributed by atoms with Crippen molar-refractivity contribution in [2.75, 3.05) is 18.0 Å². The molecule has 1 N–H and O–H groups in total. The lowest BCUT2D eigenvalue weighted by Gasteiger charge is -2.20. The van der Waals surface area contributed by atoms with Crippen LogP contribution in [0.5, 0.6) is 0 Å². The highest BCUT2D eigenvalue weighted by molar-refractivity contribution is 5.41. The van der Waals surface area contributed by atoms with Crippen LogP contribution in [-0.2, 0) is 6.54 Å².